The molecule has 8 heteroatoms. The zero-order valence-corrected chi connectivity index (χ0v) is 14.1. The van der Waals surface area contributed by atoms with E-state index in [1.54, 1.807) is 6.92 Å². The Morgan fingerprint density at radius 3 is 2.56 bits per heavy atom. The van der Waals surface area contributed by atoms with Gasteiger partial charge in [-0.25, -0.2) is 4.79 Å². The van der Waals surface area contributed by atoms with Gasteiger partial charge in [0.2, 0.25) is 0 Å². The summed E-state index contributed by atoms with van der Waals surface area (Å²) < 4.78 is 10.8. The van der Waals surface area contributed by atoms with E-state index in [0.717, 1.165) is 0 Å². The molecule has 1 unspecified atom stereocenters. The molecule has 3 aromatic rings. The smallest absolute Gasteiger partial charge is 0.336 e. The molecular weight excluding hydrogens is 354 g/mol. The van der Waals surface area contributed by atoms with Gasteiger partial charge < -0.3 is 14.3 Å². The Balaban J connectivity index is 2.03. The molecule has 27 heavy (non-hydrogen) atoms. The monoisotopic (exact) mass is 367 g/mol. The van der Waals surface area contributed by atoms with E-state index in [4.69, 9.17) is 9.15 Å². The number of phenolic OH excluding ortho intramolecular Hbond substituents is 1. The number of Topliss-reactive ketones (excluding diaryl/α,β-unsaturated/α-hetero) is 1. The van der Waals surface area contributed by atoms with Gasteiger partial charge >= 0.3 is 5.63 Å². The Labute approximate surface area is 151 Å². The number of nitro groups is 1. The number of rotatable bonds is 2. The van der Waals surface area contributed by atoms with E-state index in [0.29, 0.717) is 11.1 Å². The molecule has 0 amide bonds. The predicted molar refractivity (Wildman–Crippen MR) is 95.3 cm³/mol. The van der Waals surface area contributed by atoms with Gasteiger partial charge in [-0.05, 0) is 24.6 Å². The van der Waals surface area contributed by atoms with Gasteiger partial charge in [0, 0.05) is 36.2 Å². The second kappa shape index (κ2) is 5.94. The molecule has 1 N–H and O–H groups in total. The highest BCUT2D eigenvalue weighted by atomic mass is 16.6. The number of carbonyl (C=O) groups excluding carboxylic acids is 1. The number of fused-ring (bicyclic) bond motifs is 3. The third kappa shape index (κ3) is 2.71. The zero-order valence-electron chi connectivity index (χ0n) is 14.1. The van der Waals surface area contributed by atoms with Crippen LogP contribution in [-0.2, 0) is 0 Å². The lowest BCUT2D eigenvalue weighted by Crippen LogP contribution is -2.24. The van der Waals surface area contributed by atoms with E-state index in [2.05, 4.69) is 0 Å². The fraction of sp³-hybridized carbons (Fsp3) is 0.158. The minimum atomic E-state index is -0.713. The molecule has 136 valence electrons. The van der Waals surface area contributed by atoms with Crippen molar-refractivity contribution in [2.45, 2.75) is 19.4 Å². The van der Waals surface area contributed by atoms with Crippen molar-refractivity contribution < 1.29 is 24.0 Å². The van der Waals surface area contributed by atoms with Crippen LogP contribution < -0.4 is 10.4 Å². The first-order valence-corrected chi connectivity index (χ1v) is 8.13. The number of aromatic hydroxyl groups is 1. The predicted octanol–water partition coefficient (Wildman–Crippen LogP) is 3.43. The molecule has 1 aromatic heterocycles. The summed E-state index contributed by atoms with van der Waals surface area (Å²) in [7, 11) is 0. The molecule has 2 aromatic carbocycles. The maximum atomic E-state index is 12.5. The number of non-ortho nitro benzene ring substituents is 1. The van der Waals surface area contributed by atoms with Gasteiger partial charge in [0.05, 0.1) is 10.3 Å². The molecule has 1 atom stereocenters. The first-order chi connectivity index (χ1) is 12.8. The molecule has 1 aliphatic rings. The van der Waals surface area contributed by atoms with Gasteiger partial charge in [-0.15, -0.1) is 0 Å². The molecule has 4 rings (SSSR count). The van der Waals surface area contributed by atoms with Crippen molar-refractivity contribution in [1.82, 2.24) is 0 Å². The maximum Gasteiger partial charge on any atom is 0.336 e. The number of benzene rings is 2. The molecule has 0 saturated heterocycles. The van der Waals surface area contributed by atoms with E-state index in [-0.39, 0.29) is 52.0 Å². The van der Waals surface area contributed by atoms with E-state index in [1.807, 2.05) is 0 Å². The third-order valence-electron chi connectivity index (χ3n) is 4.43. The number of hydrogen-bond acceptors (Lipinski definition) is 7. The molecule has 1 aliphatic heterocycles. The van der Waals surface area contributed by atoms with Crippen LogP contribution in [0.3, 0.4) is 0 Å². The summed E-state index contributed by atoms with van der Waals surface area (Å²) in [5.41, 5.74) is 0.0129. The van der Waals surface area contributed by atoms with Crippen LogP contribution in [0, 0.1) is 10.1 Å². The van der Waals surface area contributed by atoms with E-state index in [1.165, 1.54) is 36.4 Å². The number of hydrogen-bond donors (Lipinski definition) is 1. The second-order valence-electron chi connectivity index (χ2n) is 6.31. The second-order valence-corrected chi connectivity index (χ2v) is 6.31. The lowest BCUT2D eigenvalue weighted by molar-refractivity contribution is -0.384. The number of ether oxygens (including phenoxy) is 1. The Morgan fingerprint density at radius 2 is 1.89 bits per heavy atom. The maximum absolute atomic E-state index is 12.5. The summed E-state index contributed by atoms with van der Waals surface area (Å²) in [4.78, 5) is 34.9. The summed E-state index contributed by atoms with van der Waals surface area (Å²) in [6, 6.07) is 8.01. The van der Waals surface area contributed by atoms with E-state index < -0.39 is 10.5 Å². The summed E-state index contributed by atoms with van der Waals surface area (Å²) >= 11 is 0. The first kappa shape index (κ1) is 16.8. The van der Waals surface area contributed by atoms with E-state index in [9.17, 15) is 24.8 Å². The van der Waals surface area contributed by atoms with Crippen molar-refractivity contribution >= 4 is 22.4 Å². The van der Waals surface area contributed by atoms with Gasteiger partial charge in [0.25, 0.3) is 5.69 Å². The van der Waals surface area contributed by atoms with Gasteiger partial charge in [-0.3, -0.25) is 14.9 Å². The highest BCUT2D eigenvalue weighted by Crippen LogP contribution is 2.42. The number of phenols is 1. The van der Waals surface area contributed by atoms with Crippen LogP contribution in [0.1, 0.15) is 23.7 Å². The zero-order chi connectivity index (χ0) is 19.3. The number of ketones is 1. The molecule has 8 nitrogen and oxygen atoms in total. The average molecular weight is 367 g/mol. The van der Waals surface area contributed by atoms with Crippen LogP contribution in [0.2, 0.25) is 0 Å². The van der Waals surface area contributed by atoms with Crippen molar-refractivity contribution in [2.75, 3.05) is 0 Å². The van der Waals surface area contributed by atoms with Crippen molar-refractivity contribution in [3.8, 4) is 22.6 Å². The molecule has 2 heterocycles. The third-order valence-corrected chi connectivity index (χ3v) is 4.43. The standard InChI is InChI=1S/C19H13NO7/c1-9-6-13(21)18-15(26-9)8-14(22)17-12(7-16(23)27-19(17)18)10-2-4-11(5-3-10)20(24)25/h2-5,7-9,22H,6H2,1H3. The Hall–Kier alpha value is -3.68. The summed E-state index contributed by atoms with van der Waals surface area (Å²) in [6.45, 7) is 1.73. The van der Waals surface area contributed by atoms with Crippen LogP contribution in [0.4, 0.5) is 5.69 Å². The van der Waals surface area contributed by atoms with E-state index >= 15 is 0 Å². The highest BCUT2D eigenvalue weighted by molar-refractivity contribution is 6.13. The fourth-order valence-electron chi connectivity index (χ4n) is 3.27. The minimum absolute atomic E-state index is 0.0530. The number of carbonyl (C=O) groups is 1. The van der Waals surface area contributed by atoms with Crippen molar-refractivity contribution in [3.05, 3.63) is 62.5 Å². The Morgan fingerprint density at radius 1 is 1.19 bits per heavy atom. The highest BCUT2D eigenvalue weighted by Gasteiger charge is 2.30. The van der Waals surface area contributed by atoms with Gasteiger partial charge in [0.15, 0.2) is 11.4 Å². The van der Waals surface area contributed by atoms with Crippen molar-refractivity contribution in [3.63, 3.8) is 0 Å². The number of nitrogens with zero attached hydrogens (tertiary/aromatic N) is 1. The largest absolute Gasteiger partial charge is 0.507 e. The average Bonchev–Trinajstić information content (AvgIpc) is 2.60. The SMILES string of the molecule is CC1CC(=O)c2c(cc(O)c3c(-c4ccc([N+](=O)[O-])cc4)cc(=O)oc23)O1. The Kier molecular flexibility index (Phi) is 3.69. The molecular formula is C19H13NO7. The number of nitro benzene ring substituents is 1. The lowest BCUT2D eigenvalue weighted by Gasteiger charge is -2.23. The van der Waals surface area contributed by atoms with Crippen LogP contribution >= 0.6 is 0 Å². The van der Waals surface area contributed by atoms with Crippen LogP contribution in [0.15, 0.2) is 45.6 Å². The lowest BCUT2D eigenvalue weighted by atomic mass is 9.94. The fourth-order valence-corrected chi connectivity index (χ4v) is 3.27. The molecule has 0 saturated carbocycles. The van der Waals surface area contributed by atoms with Crippen LogP contribution in [-0.4, -0.2) is 21.9 Å². The topological polar surface area (TPSA) is 120 Å². The first-order valence-electron chi connectivity index (χ1n) is 8.13. The molecule has 0 radical (unpaired) electrons. The minimum Gasteiger partial charge on any atom is -0.507 e. The Bertz CT molecular complexity index is 1160. The van der Waals surface area contributed by atoms with Crippen molar-refractivity contribution in [1.29, 1.82) is 0 Å². The quantitative estimate of drug-likeness (QED) is 0.418. The summed E-state index contributed by atoms with van der Waals surface area (Å²) in [5, 5.41) is 21.5. The summed E-state index contributed by atoms with van der Waals surface area (Å²) in [6.07, 6.45) is -0.232. The van der Waals surface area contributed by atoms with Gasteiger partial charge in [-0.2, -0.15) is 0 Å². The van der Waals surface area contributed by atoms with Crippen molar-refractivity contribution in [2.24, 2.45) is 0 Å². The molecule has 0 bridgehead atoms. The molecule has 0 spiro atoms. The normalized spacial score (nSPS) is 16.0. The molecule has 0 fully saturated rings. The van der Waals surface area contributed by atoms with Crippen LogP contribution in [0.5, 0.6) is 11.5 Å². The van der Waals surface area contributed by atoms with Crippen LogP contribution in [0.25, 0.3) is 22.1 Å². The van der Waals surface area contributed by atoms with Gasteiger partial charge in [-0.1, -0.05) is 0 Å². The summed E-state index contributed by atoms with van der Waals surface area (Å²) in [5.74, 6) is -0.312. The van der Waals surface area contributed by atoms with Gasteiger partial charge in [0.1, 0.15) is 23.2 Å². The molecule has 0 aliphatic carbocycles.